The minimum Gasteiger partial charge on any atom is -0.369 e. The molecule has 0 aromatic carbocycles. The Morgan fingerprint density at radius 3 is 2.39 bits per heavy atom. The van der Waals surface area contributed by atoms with Crippen LogP contribution in [-0.2, 0) is 9.59 Å². The summed E-state index contributed by atoms with van der Waals surface area (Å²) in [5.41, 5.74) is 5.15. The van der Waals surface area contributed by atoms with Gasteiger partial charge in [-0.25, -0.2) is 0 Å². The van der Waals surface area contributed by atoms with E-state index < -0.39 is 5.91 Å². The topological polar surface area (TPSA) is 90.4 Å². The molecule has 0 heterocycles. The van der Waals surface area contributed by atoms with Crippen molar-refractivity contribution in [1.82, 2.24) is 9.80 Å². The zero-order valence-corrected chi connectivity index (χ0v) is 11.3. The van der Waals surface area contributed by atoms with Gasteiger partial charge in [-0.05, 0) is 13.8 Å². The highest BCUT2D eigenvalue weighted by Gasteiger charge is 2.15. The van der Waals surface area contributed by atoms with E-state index in [-0.39, 0.29) is 18.5 Å². The molecule has 0 saturated carbocycles. The van der Waals surface area contributed by atoms with Crippen molar-refractivity contribution in [1.29, 1.82) is 5.26 Å². The van der Waals surface area contributed by atoms with E-state index in [0.717, 1.165) is 0 Å². The first-order chi connectivity index (χ1) is 8.38. The Morgan fingerprint density at radius 2 is 1.94 bits per heavy atom. The normalized spacial score (nSPS) is 10.4. The first-order valence-corrected chi connectivity index (χ1v) is 6.01. The van der Waals surface area contributed by atoms with Crippen molar-refractivity contribution in [3.8, 4) is 6.07 Å². The lowest BCUT2D eigenvalue weighted by Gasteiger charge is -2.25. The third kappa shape index (κ3) is 6.86. The summed E-state index contributed by atoms with van der Waals surface area (Å²) >= 11 is 0. The van der Waals surface area contributed by atoms with Crippen molar-refractivity contribution in [2.24, 2.45) is 5.73 Å². The molecule has 0 unspecified atom stereocenters. The lowest BCUT2D eigenvalue weighted by atomic mass is 10.2. The number of carbonyl (C=O) groups excluding carboxylic acids is 2. The quantitative estimate of drug-likeness (QED) is 0.657. The van der Waals surface area contributed by atoms with Gasteiger partial charge in [0.05, 0.1) is 19.0 Å². The molecule has 0 saturated heterocycles. The van der Waals surface area contributed by atoms with Crippen molar-refractivity contribution in [3.63, 3.8) is 0 Å². The summed E-state index contributed by atoms with van der Waals surface area (Å²) in [5.74, 6) is -0.422. The molecule has 6 heteroatoms. The minimum atomic E-state index is -0.394. The fourth-order valence-corrected chi connectivity index (χ4v) is 1.49. The third-order valence-electron chi connectivity index (χ3n) is 2.69. The lowest BCUT2D eigenvalue weighted by molar-refractivity contribution is -0.130. The monoisotopic (exact) mass is 254 g/mol. The number of rotatable bonds is 8. The molecular formula is C12H22N4O2. The van der Waals surface area contributed by atoms with Crippen LogP contribution in [-0.4, -0.2) is 54.3 Å². The van der Waals surface area contributed by atoms with E-state index in [1.165, 1.54) is 4.90 Å². The van der Waals surface area contributed by atoms with E-state index in [0.29, 0.717) is 25.9 Å². The molecule has 0 aliphatic carbocycles. The predicted molar refractivity (Wildman–Crippen MR) is 68.4 cm³/mol. The van der Waals surface area contributed by atoms with Crippen molar-refractivity contribution >= 4 is 11.8 Å². The van der Waals surface area contributed by atoms with Gasteiger partial charge in [0.1, 0.15) is 0 Å². The molecule has 0 rings (SSSR count). The van der Waals surface area contributed by atoms with E-state index in [9.17, 15) is 9.59 Å². The second-order valence-corrected chi connectivity index (χ2v) is 4.50. The number of nitrogens with zero attached hydrogens (tertiary/aromatic N) is 3. The lowest BCUT2D eigenvalue weighted by Crippen LogP contribution is -2.41. The molecule has 0 spiro atoms. The molecule has 0 fully saturated rings. The zero-order chi connectivity index (χ0) is 14.1. The molecule has 0 atom stereocenters. The van der Waals surface area contributed by atoms with Gasteiger partial charge >= 0.3 is 0 Å². The number of hydrogen-bond donors (Lipinski definition) is 1. The Bertz CT molecular complexity index is 323. The second kappa shape index (κ2) is 8.48. The van der Waals surface area contributed by atoms with Crippen LogP contribution in [0.5, 0.6) is 0 Å². The molecule has 102 valence electrons. The molecule has 0 aromatic rings. The number of nitriles is 1. The van der Waals surface area contributed by atoms with Crippen LogP contribution in [0.4, 0.5) is 0 Å². The van der Waals surface area contributed by atoms with E-state index in [1.54, 1.807) is 7.05 Å². The fourth-order valence-electron chi connectivity index (χ4n) is 1.49. The standard InChI is InChI=1S/C12H22N4O2/c1-10(2)16(9-11(14)17)8-5-12(18)15(3)7-4-6-13/h10H,4-5,7-9H2,1-3H3,(H2,14,17). The molecule has 18 heavy (non-hydrogen) atoms. The van der Waals surface area contributed by atoms with E-state index in [2.05, 4.69) is 0 Å². The maximum absolute atomic E-state index is 11.7. The van der Waals surface area contributed by atoms with Crippen molar-refractivity contribution < 1.29 is 9.59 Å². The predicted octanol–water partition coefficient (Wildman–Crippen LogP) is -0.0557. The van der Waals surface area contributed by atoms with Gasteiger partial charge in [0.2, 0.25) is 11.8 Å². The molecule has 2 amide bonds. The van der Waals surface area contributed by atoms with Gasteiger partial charge in [-0.1, -0.05) is 0 Å². The van der Waals surface area contributed by atoms with Crippen LogP contribution in [0.3, 0.4) is 0 Å². The number of primary amides is 1. The van der Waals surface area contributed by atoms with Crippen LogP contribution in [0.15, 0.2) is 0 Å². The Kier molecular flexibility index (Phi) is 7.72. The summed E-state index contributed by atoms with van der Waals surface area (Å²) in [7, 11) is 1.67. The van der Waals surface area contributed by atoms with Crippen LogP contribution in [0.1, 0.15) is 26.7 Å². The highest BCUT2D eigenvalue weighted by atomic mass is 16.2. The van der Waals surface area contributed by atoms with E-state index >= 15 is 0 Å². The van der Waals surface area contributed by atoms with Gasteiger partial charge in [0.15, 0.2) is 0 Å². The average molecular weight is 254 g/mol. The van der Waals surface area contributed by atoms with Crippen LogP contribution >= 0.6 is 0 Å². The van der Waals surface area contributed by atoms with E-state index in [4.69, 9.17) is 11.0 Å². The van der Waals surface area contributed by atoms with Crippen molar-refractivity contribution in [2.45, 2.75) is 32.7 Å². The van der Waals surface area contributed by atoms with Gasteiger partial charge in [-0.15, -0.1) is 0 Å². The number of hydrogen-bond acceptors (Lipinski definition) is 4. The van der Waals surface area contributed by atoms with Gasteiger partial charge < -0.3 is 10.6 Å². The van der Waals surface area contributed by atoms with Crippen molar-refractivity contribution in [2.75, 3.05) is 26.7 Å². The zero-order valence-electron chi connectivity index (χ0n) is 11.3. The van der Waals surface area contributed by atoms with Gasteiger partial charge in [0.25, 0.3) is 0 Å². The molecule has 0 bridgehead atoms. The first-order valence-electron chi connectivity index (χ1n) is 6.01. The summed E-state index contributed by atoms with van der Waals surface area (Å²) in [5, 5.41) is 8.44. The summed E-state index contributed by atoms with van der Waals surface area (Å²) in [6.07, 6.45) is 0.658. The van der Waals surface area contributed by atoms with E-state index in [1.807, 2.05) is 24.8 Å². The van der Waals surface area contributed by atoms with Gasteiger partial charge in [-0.3, -0.25) is 14.5 Å². The fraction of sp³-hybridized carbons (Fsp3) is 0.750. The highest BCUT2D eigenvalue weighted by molar-refractivity contribution is 5.77. The molecule has 0 radical (unpaired) electrons. The SMILES string of the molecule is CC(C)N(CCC(=O)N(C)CCC#N)CC(N)=O. The van der Waals surface area contributed by atoms with Gasteiger partial charge in [-0.2, -0.15) is 5.26 Å². The number of amides is 2. The van der Waals surface area contributed by atoms with Crippen LogP contribution < -0.4 is 5.73 Å². The average Bonchev–Trinajstić information content (AvgIpc) is 2.30. The van der Waals surface area contributed by atoms with Gasteiger partial charge in [0, 0.05) is 32.6 Å². The summed E-state index contributed by atoms with van der Waals surface area (Å²) in [6, 6.07) is 2.16. The van der Waals surface area contributed by atoms with Crippen LogP contribution in [0.25, 0.3) is 0 Å². The van der Waals surface area contributed by atoms with Crippen LogP contribution in [0, 0.1) is 11.3 Å². The maximum atomic E-state index is 11.7. The summed E-state index contributed by atoms with van der Waals surface area (Å²) in [6.45, 7) is 5.00. The van der Waals surface area contributed by atoms with Crippen molar-refractivity contribution in [3.05, 3.63) is 0 Å². The maximum Gasteiger partial charge on any atom is 0.231 e. The summed E-state index contributed by atoms with van der Waals surface area (Å²) in [4.78, 5) is 26.0. The van der Waals surface area contributed by atoms with Crippen LogP contribution in [0.2, 0.25) is 0 Å². The Hall–Kier alpha value is -1.61. The second-order valence-electron chi connectivity index (χ2n) is 4.50. The summed E-state index contributed by atoms with van der Waals surface area (Å²) < 4.78 is 0. The largest absolute Gasteiger partial charge is 0.369 e. The molecule has 6 nitrogen and oxygen atoms in total. The smallest absolute Gasteiger partial charge is 0.231 e. The third-order valence-corrected chi connectivity index (χ3v) is 2.69. The molecule has 0 aromatic heterocycles. The number of carbonyl (C=O) groups is 2. The Morgan fingerprint density at radius 1 is 1.33 bits per heavy atom. The Labute approximate surface area is 108 Å². The Balaban J connectivity index is 4.14. The molecule has 0 aliphatic rings. The minimum absolute atomic E-state index is 0.0274. The molecular weight excluding hydrogens is 232 g/mol. The number of nitrogens with two attached hydrogens (primary N) is 1. The molecule has 0 aliphatic heterocycles. The first kappa shape index (κ1) is 16.4. The molecule has 2 N–H and O–H groups in total. The highest BCUT2D eigenvalue weighted by Crippen LogP contribution is 2.01.